The van der Waals surface area contributed by atoms with Gasteiger partial charge < -0.3 is 4.42 Å². The standard InChI is InChI=1S/C17H19ClN4O3S2/c1-27(23,24)19-9-3-11-26-17-21-20-16(13-5-7-14(18)8-6-13)22(17)12-15-4-2-10-25-15/h2,4-8,10,19H,3,9,11-12H2,1H3. The predicted molar refractivity (Wildman–Crippen MR) is 106 cm³/mol. The van der Waals surface area contributed by atoms with E-state index < -0.39 is 10.0 Å². The Hall–Kier alpha value is -1.81. The Kier molecular flexibility index (Phi) is 6.59. The molecule has 0 fully saturated rings. The number of nitrogens with zero attached hydrogens (tertiary/aromatic N) is 3. The van der Waals surface area contributed by atoms with Crippen molar-refractivity contribution in [2.45, 2.75) is 18.1 Å². The quantitative estimate of drug-likeness (QED) is 0.417. The Balaban J connectivity index is 1.75. The lowest BCUT2D eigenvalue weighted by Crippen LogP contribution is -2.23. The number of rotatable bonds is 9. The van der Waals surface area contributed by atoms with Gasteiger partial charge in [-0.15, -0.1) is 10.2 Å². The number of aromatic nitrogens is 3. The first-order chi connectivity index (χ1) is 12.9. The van der Waals surface area contributed by atoms with Crippen molar-refractivity contribution in [1.29, 1.82) is 0 Å². The summed E-state index contributed by atoms with van der Waals surface area (Å²) in [6.45, 7) is 0.893. The molecule has 0 unspecified atom stereocenters. The van der Waals surface area contributed by atoms with E-state index in [0.717, 1.165) is 28.6 Å². The van der Waals surface area contributed by atoms with Gasteiger partial charge in [0.15, 0.2) is 11.0 Å². The molecule has 2 heterocycles. The summed E-state index contributed by atoms with van der Waals surface area (Å²) in [7, 11) is -3.16. The molecule has 0 spiro atoms. The maximum absolute atomic E-state index is 11.1. The van der Waals surface area contributed by atoms with Gasteiger partial charge in [-0.05, 0) is 42.8 Å². The van der Waals surface area contributed by atoms with E-state index in [9.17, 15) is 8.42 Å². The highest BCUT2D eigenvalue weighted by atomic mass is 35.5. The molecule has 0 bridgehead atoms. The van der Waals surface area contributed by atoms with Crippen LogP contribution in [0.2, 0.25) is 5.02 Å². The number of furan rings is 1. The van der Waals surface area contributed by atoms with E-state index in [1.165, 1.54) is 11.8 Å². The van der Waals surface area contributed by atoms with Crippen LogP contribution in [0.15, 0.2) is 52.2 Å². The van der Waals surface area contributed by atoms with Crippen LogP contribution >= 0.6 is 23.4 Å². The maximum atomic E-state index is 11.1. The summed E-state index contributed by atoms with van der Waals surface area (Å²) in [6, 6.07) is 11.2. The van der Waals surface area contributed by atoms with Crippen molar-refractivity contribution < 1.29 is 12.8 Å². The molecule has 2 aromatic heterocycles. The number of hydrogen-bond acceptors (Lipinski definition) is 6. The van der Waals surface area contributed by atoms with Crippen LogP contribution in [0, 0.1) is 0 Å². The van der Waals surface area contributed by atoms with Gasteiger partial charge in [-0.25, -0.2) is 13.1 Å². The van der Waals surface area contributed by atoms with Gasteiger partial charge in [0.2, 0.25) is 10.0 Å². The molecule has 10 heteroatoms. The maximum Gasteiger partial charge on any atom is 0.208 e. The van der Waals surface area contributed by atoms with Crippen LogP contribution in [-0.2, 0) is 16.6 Å². The topological polar surface area (TPSA) is 90.0 Å². The Labute approximate surface area is 167 Å². The molecule has 1 aromatic carbocycles. The first-order valence-electron chi connectivity index (χ1n) is 8.21. The van der Waals surface area contributed by atoms with E-state index in [0.29, 0.717) is 30.3 Å². The molecule has 0 saturated carbocycles. The highest BCUT2D eigenvalue weighted by Crippen LogP contribution is 2.26. The average Bonchev–Trinajstić information content (AvgIpc) is 3.25. The molecular weight excluding hydrogens is 408 g/mol. The van der Waals surface area contributed by atoms with Gasteiger partial charge in [-0.3, -0.25) is 4.57 Å². The second-order valence-corrected chi connectivity index (χ2v) is 9.18. The third-order valence-corrected chi connectivity index (χ3v) is 5.66. The summed E-state index contributed by atoms with van der Waals surface area (Å²) in [5.41, 5.74) is 0.907. The lowest BCUT2D eigenvalue weighted by molar-refractivity contribution is 0.485. The predicted octanol–water partition coefficient (Wildman–Crippen LogP) is 3.27. The summed E-state index contributed by atoms with van der Waals surface area (Å²) < 4.78 is 32.2. The lowest BCUT2D eigenvalue weighted by atomic mass is 10.2. The first-order valence-corrected chi connectivity index (χ1v) is 11.5. The van der Waals surface area contributed by atoms with Crippen molar-refractivity contribution in [3.05, 3.63) is 53.4 Å². The van der Waals surface area contributed by atoms with Crippen molar-refractivity contribution >= 4 is 33.4 Å². The summed E-state index contributed by atoms with van der Waals surface area (Å²) in [4.78, 5) is 0. The molecule has 0 atom stereocenters. The van der Waals surface area contributed by atoms with Gasteiger partial charge in [-0.2, -0.15) is 0 Å². The third-order valence-electron chi connectivity index (χ3n) is 3.63. The lowest BCUT2D eigenvalue weighted by Gasteiger charge is -2.09. The van der Waals surface area contributed by atoms with E-state index in [1.54, 1.807) is 6.26 Å². The Morgan fingerprint density at radius 3 is 2.67 bits per heavy atom. The van der Waals surface area contributed by atoms with Gasteiger partial charge in [0, 0.05) is 22.9 Å². The fraction of sp³-hybridized carbons (Fsp3) is 0.294. The fourth-order valence-corrected chi connectivity index (χ4v) is 3.92. The normalized spacial score (nSPS) is 11.8. The van der Waals surface area contributed by atoms with Crippen molar-refractivity contribution in [2.24, 2.45) is 0 Å². The Morgan fingerprint density at radius 2 is 2.00 bits per heavy atom. The number of benzene rings is 1. The molecule has 0 amide bonds. The van der Waals surface area contributed by atoms with E-state index in [1.807, 2.05) is 41.0 Å². The number of nitrogens with one attached hydrogen (secondary N) is 1. The zero-order valence-corrected chi connectivity index (χ0v) is 17.0. The molecule has 3 rings (SSSR count). The van der Waals surface area contributed by atoms with Crippen LogP contribution in [0.5, 0.6) is 0 Å². The largest absolute Gasteiger partial charge is 0.467 e. The molecule has 1 N–H and O–H groups in total. The monoisotopic (exact) mass is 426 g/mol. The highest BCUT2D eigenvalue weighted by molar-refractivity contribution is 7.99. The van der Waals surface area contributed by atoms with Crippen LogP contribution in [0.25, 0.3) is 11.4 Å². The SMILES string of the molecule is CS(=O)(=O)NCCCSc1nnc(-c2ccc(Cl)cc2)n1Cc1ccco1. The summed E-state index contributed by atoms with van der Waals surface area (Å²) in [5, 5.41) is 10.0. The second kappa shape index (κ2) is 8.92. The minimum atomic E-state index is -3.16. The van der Waals surface area contributed by atoms with Crippen molar-refractivity contribution in [3.8, 4) is 11.4 Å². The Bertz CT molecular complexity index is 970. The minimum absolute atomic E-state index is 0.391. The first kappa shape index (κ1) is 19.9. The molecule has 144 valence electrons. The van der Waals surface area contributed by atoms with Crippen LogP contribution in [-0.4, -0.2) is 41.7 Å². The van der Waals surface area contributed by atoms with Crippen LogP contribution in [0.1, 0.15) is 12.2 Å². The van der Waals surface area contributed by atoms with E-state index in [4.69, 9.17) is 16.0 Å². The molecule has 7 nitrogen and oxygen atoms in total. The van der Waals surface area contributed by atoms with Gasteiger partial charge in [0.1, 0.15) is 5.76 Å². The van der Waals surface area contributed by atoms with Crippen molar-refractivity contribution in [2.75, 3.05) is 18.6 Å². The zero-order chi connectivity index (χ0) is 19.3. The number of halogens is 1. The minimum Gasteiger partial charge on any atom is -0.467 e. The fourth-order valence-electron chi connectivity index (χ4n) is 2.40. The number of sulfonamides is 1. The molecule has 0 aliphatic rings. The van der Waals surface area contributed by atoms with Gasteiger partial charge in [0.25, 0.3) is 0 Å². The smallest absolute Gasteiger partial charge is 0.208 e. The van der Waals surface area contributed by atoms with E-state index in [-0.39, 0.29) is 0 Å². The summed E-state index contributed by atoms with van der Waals surface area (Å²) >= 11 is 7.50. The van der Waals surface area contributed by atoms with Crippen LogP contribution in [0.3, 0.4) is 0 Å². The highest BCUT2D eigenvalue weighted by Gasteiger charge is 2.16. The summed E-state index contributed by atoms with van der Waals surface area (Å²) in [5.74, 6) is 2.23. The van der Waals surface area contributed by atoms with Crippen molar-refractivity contribution in [3.63, 3.8) is 0 Å². The van der Waals surface area contributed by atoms with Gasteiger partial charge in [0.05, 0.1) is 19.1 Å². The number of hydrogen-bond donors (Lipinski definition) is 1. The molecule has 0 aliphatic heterocycles. The molecule has 0 radical (unpaired) electrons. The van der Waals surface area contributed by atoms with Gasteiger partial charge >= 0.3 is 0 Å². The summed E-state index contributed by atoms with van der Waals surface area (Å²) in [6.07, 6.45) is 3.46. The molecule has 0 saturated heterocycles. The molecule has 0 aliphatic carbocycles. The average molecular weight is 427 g/mol. The second-order valence-electron chi connectivity index (χ2n) is 5.85. The number of thioether (sulfide) groups is 1. The van der Waals surface area contributed by atoms with Crippen LogP contribution < -0.4 is 4.72 Å². The van der Waals surface area contributed by atoms with E-state index in [2.05, 4.69) is 14.9 Å². The third kappa shape index (κ3) is 5.83. The zero-order valence-electron chi connectivity index (χ0n) is 14.6. The molecule has 27 heavy (non-hydrogen) atoms. The molecular formula is C17H19ClN4O3S2. The Morgan fingerprint density at radius 1 is 1.22 bits per heavy atom. The van der Waals surface area contributed by atoms with Crippen molar-refractivity contribution in [1.82, 2.24) is 19.5 Å². The van der Waals surface area contributed by atoms with Crippen LogP contribution in [0.4, 0.5) is 0 Å². The molecule has 3 aromatic rings. The van der Waals surface area contributed by atoms with E-state index >= 15 is 0 Å². The van der Waals surface area contributed by atoms with Gasteiger partial charge in [-0.1, -0.05) is 23.4 Å².